The predicted molar refractivity (Wildman–Crippen MR) is 106 cm³/mol. The van der Waals surface area contributed by atoms with E-state index in [0.29, 0.717) is 21.4 Å². The first-order valence-electron chi connectivity index (χ1n) is 7.51. The highest BCUT2D eigenvalue weighted by Crippen LogP contribution is 2.37. The first-order valence-corrected chi connectivity index (χ1v) is 9.10. The van der Waals surface area contributed by atoms with Crippen LogP contribution in [0.3, 0.4) is 0 Å². The molecular weight excluding hydrogens is 466 g/mol. The molecule has 0 aliphatic rings. The van der Waals surface area contributed by atoms with E-state index in [2.05, 4.69) is 42.2 Å². The van der Waals surface area contributed by atoms with E-state index in [-0.39, 0.29) is 12.2 Å². The van der Waals surface area contributed by atoms with Gasteiger partial charge in [-0.3, -0.25) is 14.6 Å². The summed E-state index contributed by atoms with van der Waals surface area (Å²) in [6.07, 6.45) is 1.65. The summed E-state index contributed by atoms with van der Waals surface area (Å²) in [5.74, 6) is -0.576. The van der Waals surface area contributed by atoms with Gasteiger partial charge in [-0.15, -0.1) is 0 Å². The Balaban J connectivity index is 1.79. The molecule has 0 bridgehead atoms. The molecule has 0 spiro atoms. The molecule has 3 N–H and O–H groups in total. The minimum Gasteiger partial charge on any atom is -0.480 e. The van der Waals surface area contributed by atoms with Gasteiger partial charge in [0, 0.05) is 16.1 Å². The molecule has 0 atom stereocenters. The van der Waals surface area contributed by atoms with Crippen LogP contribution in [0.1, 0.15) is 10.4 Å². The molecule has 6 nitrogen and oxygen atoms in total. The van der Waals surface area contributed by atoms with Crippen LogP contribution in [-0.4, -0.2) is 23.4 Å². The predicted octanol–water partition coefficient (Wildman–Crippen LogP) is 3.88. The molecule has 2 aromatic carbocycles. The van der Waals surface area contributed by atoms with Crippen LogP contribution in [-0.2, 0) is 4.79 Å². The van der Waals surface area contributed by atoms with Crippen LogP contribution in [0, 0.1) is 0 Å². The molecule has 0 saturated carbocycles. The summed E-state index contributed by atoms with van der Waals surface area (Å²) in [5, 5.41) is 3.50. The quantitative estimate of drug-likeness (QED) is 0.581. The molecule has 2 amide bonds. The molecule has 26 heavy (non-hydrogen) atoms. The lowest BCUT2D eigenvalue weighted by atomic mass is 10.1. The van der Waals surface area contributed by atoms with Crippen LogP contribution in [0.15, 0.2) is 57.6 Å². The molecule has 0 fully saturated rings. The number of pyridine rings is 1. The number of anilines is 1. The van der Waals surface area contributed by atoms with Crippen LogP contribution < -0.4 is 15.8 Å². The summed E-state index contributed by atoms with van der Waals surface area (Å²) >= 11 is 6.91. The average Bonchev–Trinajstić information content (AvgIpc) is 2.62. The fraction of sp³-hybridized carbons (Fsp3) is 0.0556. The fourth-order valence-electron chi connectivity index (χ4n) is 2.41. The van der Waals surface area contributed by atoms with Crippen molar-refractivity contribution in [3.63, 3.8) is 0 Å². The lowest BCUT2D eigenvalue weighted by molar-refractivity contribution is -0.118. The van der Waals surface area contributed by atoms with Crippen LogP contribution in [0.5, 0.6) is 5.75 Å². The second-order valence-corrected chi connectivity index (χ2v) is 7.02. The number of aromatic nitrogens is 1. The Kier molecular flexibility index (Phi) is 5.53. The molecule has 0 unspecified atom stereocenters. The maximum Gasteiger partial charge on any atom is 0.262 e. The van der Waals surface area contributed by atoms with Crippen molar-refractivity contribution >= 4 is 60.3 Å². The molecule has 3 rings (SSSR count). The molecule has 8 heteroatoms. The van der Waals surface area contributed by atoms with Gasteiger partial charge in [-0.25, -0.2) is 0 Å². The van der Waals surface area contributed by atoms with Gasteiger partial charge in [0.15, 0.2) is 12.4 Å². The maximum atomic E-state index is 12.2. The summed E-state index contributed by atoms with van der Waals surface area (Å²) in [5.41, 5.74) is 6.51. The van der Waals surface area contributed by atoms with Gasteiger partial charge in [0.2, 0.25) is 0 Å². The highest BCUT2D eigenvalue weighted by Gasteiger charge is 2.15. The summed E-state index contributed by atoms with van der Waals surface area (Å²) in [6.45, 7) is -0.251. The Labute approximate surface area is 166 Å². The average molecular weight is 479 g/mol. The lowest BCUT2D eigenvalue weighted by Gasteiger charge is -2.13. The zero-order valence-corrected chi connectivity index (χ0v) is 16.5. The van der Waals surface area contributed by atoms with Gasteiger partial charge in [-0.05, 0) is 40.2 Å². The minimum absolute atomic E-state index is 0.234. The number of rotatable bonds is 5. The fourth-order valence-corrected chi connectivity index (χ4v) is 3.80. The number of fused-ring (bicyclic) bond motifs is 1. The van der Waals surface area contributed by atoms with Gasteiger partial charge in [-0.2, -0.15) is 0 Å². The number of carbonyl (C=O) groups is 2. The van der Waals surface area contributed by atoms with Crippen molar-refractivity contribution < 1.29 is 14.3 Å². The van der Waals surface area contributed by atoms with Crippen molar-refractivity contribution in [2.75, 3.05) is 11.9 Å². The zero-order valence-electron chi connectivity index (χ0n) is 13.3. The topological polar surface area (TPSA) is 94.3 Å². The number of nitrogens with zero attached hydrogens (tertiary/aromatic N) is 1. The second kappa shape index (κ2) is 7.84. The Morgan fingerprint density at radius 2 is 1.88 bits per heavy atom. The number of amides is 2. The number of ether oxygens (including phenoxy) is 1. The molecule has 1 aromatic heterocycles. The van der Waals surface area contributed by atoms with Crippen LogP contribution >= 0.6 is 31.9 Å². The van der Waals surface area contributed by atoms with Gasteiger partial charge in [-0.1, -0.05) is 34.1 Å². The van der Waals surface area contributed by atoms with Crippen molar-refractivity contribution in [3.8, 4) is 5.75 Å². The molecule has 0 aliphatic carbocycles. The number of primary amides is 1. The molecule has 1 heterocycles. The number of nitrogens with one attached hydrogen (secondary N) is 1. The highest BCUT2D eigenvalue weighted by molar-refractivity contribution is 9.11. The number of para-hydroxylation sites is 1. The maximum absolute atomic E-state index is 12.2. The standard InChI is InChI=1S/C18H13Br2N3O3/c19-12-8-13(20)17(16-10(12)5-3-7-22-16)26-9-15(24)23-14-6-2-1-4-11(14)18(21)25/h1-8H,9H2,(H2,21,25)(H,23,24). The van der Waals surface area contributed by atoms with Crippen LogP contribution in [0.25, 0.3) is 10.9 Å². The molecule has 132 valence electrons. The molecular formula is C18H13Br2N3O3. The van der Waals surface area contributed by atoms with Crippen molar-refractivity contribution in [1.29, 1.82) is 0 Å². The first-order chi connectivity index (χ1) is 12.5. The van der Waals surface area contributed by atoms with Gasteiger partial charge < -0.3 is 15.8 Å². The number of benzene rings is 2. The number of carbonyl (C=O) groups excluding carboxylic acids is 2. The largest absolute Gasteiger partial charge is 0.480 e. The summed E-state index contributed by atoms with van der Waals surface area (Å²) in [4.78, 5) is 28.0. The Bertz CT molecular complexity index is 1010. The van der Waals surface area contributed by atoms with E-state index in [9.17, 15) is 9.59 Å². The van der Waals surface area contributed by atoms with Gasteiger partial charge >= 0.3 is 0 Å². The van der Waals surface area contributed by atoms with Crippen molar-refractivity contribution in [2.45, 2.75) is 0 Å². The van der Waals surface area contributed by atoms with Crippen molar-refractivity contribution in [2.24, 2.45) is 5.73 Å². The smallest absolute Gasteiger partial charge is 0.262 e. The van der Waals surface area contributed by atoms with E-state index < -0.39 is 11.8 Å². The van der Waals surface area contributed by atoms with E-state index >= 15 is 0 Å². The van der Waals surface area contributed by atoms with E-state index in [0.717, 1.165) is 9.86 Å². The van der Waals surface area contributed by atoms with E-state index in [4.69, 9.17) is 10.5 Å². The van der Waals surface area contributed by atoms with Crippen LogP contribution in [0.2, 0.25) is 0 Å². The Hall–Kier alpha value is -2.45. The number of nitrogens with two attached hydrogens (primary N) is 1. The number of hydrogen-bond acceptors (Lipinski definition) is 4. The molecule has 0 aliphatic heterocycles. The summed E-state index contributed by atoms with van der Waals surface area (Å²) in [6, 6.07) is 12.1. The third-order valence-corrected chi connectivity index (χ3v) is 4.81. The minimum atomic E-state index is -0.618. The van der Waals surface area contributed by atoms with Crippen LogP contribution in [0.4, 0.5) is 5.69 Å². The molecule has 3 aromatic rings. The highest BCUT2D eigenvalue weighted by atomic mass is 79.9. The third-order valence-electron chi connectivity index (χ3n) is 3.56. The summed E-state index contributed by atoms with van der Waals surface area (Å²) in [7, 11) is 0. The Morgan fingerprint density at radius 1 is 1.12 bits per heavy atom. The van der Waals surface area contributed by atoms with E-state index in [1.54, 1.807) is 30.5 Å². The number of hydrogen-bond donors (Lipinski definition) is 2. The van der Waals surface area contributed by atoms with E-state index in [1.807, 2.05) is 18.2 Å². The third kappa shape index (κ3) is 3.86. The zero-order chi connectivity index (χ0) is 18.7. The van der Waals surface area contributed by atoms with Crippen molar-refractivity contribution in [1.82, 2.24) is 4.98 Å². The Morgan fingerprint density at radius 3 is 2.65 bits per heavy atom. The molecule has 0 radical (unpaired) electrons. The number of halogens is 2. The first kappa shape index (κ1) is 18.3. The monoisotopic (exact) mass is 477 g/mol. The van der Waals surface area contributed by atoms with Gasteiger partial charge in [0.1, 0.15) is 5.52 Å². The van der Waals surface area contributed by atoms with Gasteiger partial charge in [0.25, 0.3) is 11.8 Å². The van der Waals surface area contributed by atoms with E-state index in [1.165, 1.54) is 0 Å². The molecule has 0 saturated heterocycles. The SMILES string of the molecule is NC(=O)c1ccccc1NC(=O)COc1c(Br)cc(Br)c2cccnc12. The normalized spacial score (nSPS) is 10.5. The van der Waals surface area contributed by atoms with Crippen molar-refractivity contribution in [3.05, 3.63) is 63.2 Å². The van der Waals surface area contributed by atoms with Gasteiger partial charge in [0.05, 0.1) is 15.7 Å². The summed E-state index contributed by atoms with van der Waals surface area (Å²) < 4.78 is 7.21. The second-order valence-electron chi connectivity index (χ2n) is 5.32. The lowest BCUT2D eigenvalue weighted by Crippen LogP contribution is -2.23.